The van der Waals surface area contributed by atoms with E-state index in [0.29, 0.717) is 19.1 Å². The Bertz CT molecular complexity index is 229. The first-order chi connectivity index (χ1) is 9.69. The molecule has 0 aromatic rings. The van der Waals surface area contributed by atoms with Crippen LogP contribution in [0.5, 0.6) is 0 Å². The van der Waals surface area contributed by atoms with Crippen LogP contribution in [0.1, 0.15) is 46.5 Å². The lowest BCUT2D eigenvalue weighted by molar-refractivity contribution is -0.00913. The van der Waals surface area contributed by atoms with Crippen LogP contribution in [-0.4, -0.2) is 56.5 Å². The average molecular weight is 286 g/mol. The summed E-state index contributed by atoms with van der Waals surface area (Å²) in [5, 5.41) is 0. The molecule has 0 bridgehead atoms. The number of hydrogen-bond donors (Lipinski definition) is 1. The molecule has 4 nitrogen and oxygen atoms in total. The predicted octanol–water partition coefficient (Wildman–Crippen LogP) is 2.27. The van der Waals surface area contributed by atoms with Crippen molar-refractivity contribution in [2.24, 2.45) is 11.7 Å². The zero-order chi connectivity index (χ0) is 14.8. The second kappa shape index (κ2) is 10.6. The molecule has 4 heteroatoms. The van der Waals surface area contributed by atoms with Gasteiger partial charge in [0.05, 0.1) is 25.9 Å². The highest BCUT2D eigenvalue weighted by molar-refractivity contribution is 4.76. The summed E-state index contributed by atoms with van der Waals surface area (Å²) >= 11 is 0. The molecule has 0 spiro atoms. The summed E-state index contributed by atoms with van der Waals surface area (Å²) in [5.41, 5.74) is 6.23. The summed E-state index contributed by atoms with van der Waals surface area (Å²) in [7, 11) is 0. The fraction of sp³-hybridized carbons (Fsp3) is 1.00. The van der Waals surface area contributed by atoms with Gasteiger partial charge in [-0.25, -0.2) is 0 Å². The molecule has 1 rings (SSSR count). The van der Waals surface area contributed by atoms with Crippen LogP contribution in [-0.2, 0) is 9.47 Å². The lowest BCUT2D eigenvalue weighted by Gasteiger charge is -2.27. The Kier molecular flexibility index (Phi) is 9.44. The highest BCUT2D eigenvalue weighted by atomic mass is 16.5. The summed E-state index contributed by atoms with van der Waals surface area (Å²) < 4.78 is 11.4. The minimum atomic E-state index is 0.113. The molecule has 2 atom stereocenters. The molecule has 1 fully saturated rings. The minimum Gasteiger partial charge on any atom is -0.378 e. The second-order valence-corrected chi connectivity index (χ2v) is 5.89. The monoisotopic (exact) mass is 286 g/mol. The molecule has 0 amide bonds. The van der Waals surface area contributed by atoms with Crippen molar-refractivity contribution in [3.05, 3.63) is 0 Å². The van der Waals surface area contributed by atoms with E-state index in [1.807, 2.05) is 0 Å². The molecule has 1 saturated heterocycles. The molecule has 1 heterocycles. The summed E-state index contributed by atoms with van der Waals surface area (Å²) in [4.78, 5) is 2.46. The zero-order valence-electron chi connectivity index (χ0n) is 13.6. The average Bonchev–Trinajstić information content (AvgIpc) is 2.96. The van der Waals surface area contributed by atoms with E-state index in [-0.39, 0.29) is 12.1 Å². The number of ether oxygens (including phenoxy) is 2. The Labute approximate surface area is 125 Å². The predicted molar refractivity (Wildman–Crippen MR) is 84.0 cm³/mol. The van der Waals surface area contributed by atoms with Crippen LogP contribution in [0.25, 0.3) is 0 Å². The maximum atomic E-state index is 6.23. The smallest absolute Gasteiger partial charge is 0.0704 e. The van der Waals surface area contributed by atoms with E-state index in [1.165, 1.54) is 25.9 Å². The largest absolute Gasteiger partial charge is 0.378 e. The molecule has 120 valence electrons. The first-order valence-corrected chi connectivity index (χ1v) is 8.36. The lowest BCUT2D eigenvalue weighted by atomic mass is 9.91. The van der Waals surface area contributed by atoms with E-state index in [2.05, 4.69) is 25.7 Å². The first kappa shape index (κ1) is 17.9. The molecule has 0 saturated carbocycles. The molecular weight excluding hydrogens is 252 g/mol. The molecule has 0 aliphatic carbocycles. The van der Waals surface area contributed by atoms with E-state index in [4.69, 9.17) is 15.2 Å². The lowest BCUT2D eigenvalue weighted by Crippen LogP contribution is -2.41. The molecule has 1 aliphatic rings. The van der Waals surface area contributed by atoms with Crippen LogP contribution in [0.2, 0.25) is 0 Å². The standard InChI is InChI=1S/C16H34N2O2/c1-4-15(5-2)16(17)14(3)20-13-12-19-11-10-18-8-6-7-9-18/h14-16H,4-13,17H2,1-3H3. The highest BCUT2D eigenvalue weighted by Crippen LogP contribution is 2.15. The molecule has 0 aromatic heterocycles. The second-order valence-electron chi connectivity index (χ2n) is 5.89. The van der Waals surface area contributed by atoms with Crippen molar-refractivity contribution in [1.82, 2.24) is 4.90 Å². The topological polar surface area (TPSA) is 47.7 Å². The van der Waals surface area contributed by atoms with Crippen molar-refractivity contribution in [2.45, 2.75) is 58.6 Å². The van der Waals surface area contributed by atoms with Crippen LogP contribution < -0.4 is 5.73 Å². The molecule has 0 aromatic carbocycles. The van der Waals surface area contributed by atoms with Crippen molar-refractivity contribution in [1.29, 1.82) is 0 Å². The summed E-state index contributed by atoms with van der Waals surface area (Å²) in [5.74, 6) is 0.557. The number of likely N-dealkylation sites (tertiary alicyclic amines) is 1. The molecule has 2 N–H and O–H groups in total. The Morgan fingerprint density at radius 2 is 1.70 bits per heavy atom. The number of hydrogen-bond acceptors (Lipinski definition) is 4. The Balaban J connectivity index is 1.99. The third kappa shape index (κ3) is 6.53. The van der Waals surface area contributed by atoms with Gasteiger partial charge in [-0.1, -0.05) is 26.7 Å². The maximum Gasteiger partial charge on any atom is 0.0704 e. The Hall–Kier alpha value is -0.160. The van der Waals surface area contributed by atoms with Crippen molar-refractivity contribution in [3.8, 4) is 0 Å². The van der Waals surface area contributed by atoms with Crippen molar-refractivity contribution in [2.75, 3.05) is 39.5 Å². The van der Waals surface area contributed by atoms with Crippen molar-refractivity contribution >= 4 is 0 Å². The molecular formula is C16H34N2O2. The fourth-order valence-electron chi connectivity index (χ4n) is 2.92. The van der Waals surface area contributed by atoms with Gasteiger partial charge < -0.3 is 20.1 Å². The quantitative estimate of drug-likeness (QED) is 0.592. The zero-order valence-corrected chi connectivity index (χ0v) is 13.6. The maximum absolute atomic E-state index is 6.23. The fourth-order valence-corrected chi connectivity index (χ4v) is 2.92. The first-order valence-electron chi connectivity index (χ1n) is 8.36. The normalized spacial score (nSPS) is 19.6. The van der Waals surface area contributed by atoms with Gasteiger partial charge in [0.25, 0.3) is 0 Å². The summed E-state index contributed by atoms with van der Waals surface area (Å²) in [6, 6.07) is 0.134. The van der Waals surface area contributed by atoms with E-state index < -0.39 is 0 Å². The van der Waals surface area contributed by atoms with Crippen LogP contribution in [0.15, 0.2) is 0 Å². The van der Waals surface area contributed by atoms with Gasteiger partial charge in [-0.2, -0.15) is 0 Å². The van der Waals surface area contributed by atoms with Gasteiger partial charge in [-0.05, 0) is 38.8 Å². The van der Waals surface area contributed by atoms with E-state index >= 15 is 0 Å². The Morgan fingerprint density at radius 1 is 1.05 bits per heavy atom. The van der Waals surface area contributed by atoms with Gasteiger partial charge >= 0.3 is 0 Å². The summed E-state index contributed by atoms with van der Waals surface area (Å²) in [6.45, 7) is 12.1. The van der Waals surface area contributed by atoms with Crippen LogP contribution >= 0.6 is 0 Å². The molecule has 20 heavy (non-hydrogen) atoms. The summed E-state index contributed by atoms with van der Waals surface area (Å²) in [6.07, 6.45) is 5.04. The van der Waals surface area contributed by atoms with E-state index in [9.17, 15) is 0 Å². The van der Waals surface area contributed by atoms with Gasteiger partial charge in [0.15, 0.2) is 0 Å². The molecule has 1 aliphatic heterocycles. The van der Waals surface area contributed by atoms with Gasteiger partial charge in [0, 0.05) is 12.6 Å². The van der Waals surface area contributed by atoms with E-state index in [1.54, 1.807) is 0 Å². The van der Waals surface area contributed by atoms with Gasteiger partial charge in [-0.3, -0.25) is 0 Å². The van der Waals surface area contributed by atoms with Gasteiger partial charge in [0.2, 0.25) is 0 Å². The third-order valence-electron chi connectivity index (χ3n) is 4.49. The van der Waals surface area contributed by atoms with Crippen LogP contribution in [0, 0.1) is 5.92 Å². The highest BCUT2D eigenvalue weighted by Gasteiger charge is 2.20. The molecule has 0 radical (unpaired) electrons. The van der Waals surface area contributed by atoms with Crippen LogP contribution in [0.3, 0.4) is 0 Å². The van der Waals surface area contributed by atoms with Crippen LogP contribution in [0.4, 0.5) is 0 Å². The van der Waals surface area contributed by atoms with E-state index in [0.717, 1.165) is 26.0 Å². The van der Waals surface area contributed by atoms with Crippen molar-refractivity contribution < 1.29 is 9.47 Å². The van der Waals surface area contributed by atoms with Gasteiger partial charge in [-0.15, -0.1) is 0 Å². The number of nitrogens with two attached hydrogens (primary N) is 1. The number of rotatable bonds is 11. The molecule has 2 unspecified atom stereocenters. The number of nitrogens with zero attached hydrogens (tertiary/aromatic N) is 1. The Morgan fingerprint density at radius 3 is 2.30 bits per heavy atom. The minimum absolute atomic E-state index is 0.113. The van der Waals surface area contributed by atoms with Gasteiger partial charge in [0.1, 0.15) is 0 Å². The SMILES string of the molecule is CCC(CC)C(N)C(C)OCCOCCN1CCCC1. The third-order valence-corrected chi connectivity index (χ3v) is 4.49. The van der Waals surface area contributed by atoms with Crippen molar-refractivity contribution in [3.63, 3.8) is 0 Å².